The van der Waals surface area contributed by atoms with Crippen LogP contribution in [0.4, 0.5) is 0 Å². The van der Waals surface area contributed by atoms with Crippen molar-refractivity contribution >= 4 is 22.6 Å². The van der Waals surface area contributed by atoms with Gasteiger partial charge in [0.1, 0.15) is 5.82 Å². The summed E-state index contributed by atoms with van der Waals surface area (Å²) in [6.45, 7) is 4.87. The molecule has 3 rings (SSSR count). The molecule has 0 bridgehead atoms. The first-order valence-corrected chi connectivity index (χ1v) is 7.45. The third kappa shape index (κ3) is 2.55. The summed E-state index contributed by atoms with van der Waals surface area (Å²) in [4.78, 5) is 4.77. The van der Waals surface area contributed by atoms with Crippen molar-refractivity contribution in [2.45, 2.75) is 26.4 Å². The van der Waals surface area contributed by atoms with Crippen molar-refractivity contribution in [3.05, 3.63) is 53.1 Å². The number of aromatic nitrogens is 2. The van der Waals surface area contributed by atoms with Gasteiger partial charge in [-0.15, -0.1) is 0 Å². The highest BCUT2D eigenvalue weighted by Gasteiger charge is 2.15. The summed E-state index contributed by atoms with van der Waals surface area (Å²) in [6, 6.07) is 14.4. The fourth-order valence-electron chi connectivity index (χ4n) is 2.59. The number of rotatable bonds is 3. The molecule has 0 atom stereocenters. The van der Waals surface area contributed by atoms with Crippen LogP contribution in [0, 0.1) is 0 Å². The Morgan fingerprint density at radius 2 is 1.86 bits per heavy atom. The van der Waals surface area contributed by atoms with E-state index in [1.807, 2.05) is 30.3 Å². The smallest absolute Gasteiger partial charge is 0.141 e. The molecule has 0 radical (unpaired) electrons. The van der Waals surface area contributed by atoms with E-state index in [1.54, 1.807) is 0 Å². The average molecular weight is 300 g/mol. The van der Waals surface area contributed by atoms with Gasteiger partial charge in [0.2, 0.25) is 0 Å². The molecule has 1 heterocycles. The summed E-state index contributed by atoms with van der Waals surface area (Å²) in [5.41, 5.74) is 9.90. The summed E-state index contributed by atoms with van der Waals surface area (Å²) in [7, 11) is 0. The first-order valence-electron chi connectivity index (χ1n) is 7.07. The van der Waals surface area contributed by atoms with Crippen molar-refractivity contribution in [2.75, 3.05) is 0 Å². The number of hydrogen-bond donors (Lipinski definition) is 1. The zero-order valence-corrected chi connectivity index (χ0v) is 12.9. The third-order valence-corrected chi connectivity index (χ3v) is 3.85. The van der Waals surface area contributed by atoms with E-state index < -0.39 is 0 Å². The van der Waals surface area contributed by atoms with E-state index in [4.69, 9.17) is 22.3 Å². The molecular weight excluding hydrogens is 282 g/mol. The molecule has 3 nitrogen and oxygen atoms in total. The lowest BCUT2D eigenvalue weighted by Crippen LogP contribution is -2.03. The summed E-state index contributed by atoms with van der Waals surface area (Å²) in [5, 5.41) is 0.709. The number of fused-ring (bicyclic) bond motifs is 1. The maximum absolute atomic E-state index is 6.08. The first kappa shape index (κ1) is 14.1. The molecule has 0 saturated carbocycles. The van der Waals surface area contributed by atoms with E-state index >= 15 is 0 Å². The van der Waals surface area contributed by atoms with E-state index in [1.165, 1.54) is 0 Å². The minimum Gasteiger partial charge on any atom is -0.326 e. The van der Waals surface area contributed by atoms with Crippen LogP contribution in [0.2, 0.25) is 5.02 Å². The van der Waals surface area contributed by atoms with Gasteiger partial charge >= 0.3 is 0 Å². The molecule has 2 N–H and O–H groups in total. The minimum absolute atomic E-state index is 0.320. The Bertz CT molecular complexity index is 773. The molecule has 0 spiro atoms. The van der Waals surface area contributed by atoms with Crippen molar-refractivity contribution in [3.63, 3.8) is 0 Å². The molecule has 4 heteroatoms. The van der Waals surface area contributed by atoms with Gasteiger partial charge in [0.15, 0.2) is 0 Å². The second-order valence-electron chi connectivity index (χ2n) is 5.43. The zero-order valence-electron chi connectivity index (χ0n) is 12.2. The van der Waals surface area contributed by atoms with Gasteiger partial charge in [0.05, 0.1) is 11.0 Å². The first-order chi connectivity index (χ1) is 10.1. The summed E-state index contributed by atoms with van der Waals surface area (Å²) >= 11 is 6.08. The third-order valence-electron chi connectivity index (χ3n) is 3.62. The van der Waals surface area contributed by atoms with Crippen LogP contribution in [0.3, 0.4) is 0 Å². The summed E-state index contributed by atoms with van der Waals surface area (Å²) in [6.07, 6.45) is 0. The van der Waals surface area contributed by atoms with Crippen molar-refractivity contribution in [1.29, 1.82) is 0 Å². The highest BCUT2D eigenvalue weighted by atomic mass is 35.5. The van der Waals surface area contributed by atoms with Crippen LogP contribution >= 0.6 is 11.6 Å². The number of nitrogens with zero attached hydrogens (tertiary/aromatic N) is 2. The number of hydrogen-bond acceptors (Lipinski definition) is 2. The second kappa shape index (κ2) is 5.51. The van der Waals surface area contributed by atoms with Gasteiger partial charge < -0.3 is 10.3 Å². The molecule has 3 aromatic rings. The van der Waals surface area contributed by atoms with Gasteiger partial charge in [-0.05, 0) is 37.6 Å². The van der Waals surface area contributed by atoms with Crippen LogP contribution in [0.1, 0.15) is 25.5 Å². The van der Waals surface area contributed by atoms with Gasteiger partial charge in [-0.25, -0.2) is 4.98 Å². The van der Waals surface area contributed by atoms with Crippen LogP contribution in [0.5, 0.6) is 0 Å². The number of benzene rings is 2. The monoisotopic (exact) mass is 299 g/mol. The Morgan fingerprint density at radius 1 is 1.14 bits per heavy atom. The number of nitrogens with two attached hydrogens (primary N) is 1. The molecule has 1 aromatic heterocycles. The Kier molecular flexibility index (Phi) is 3.70. The Labute approximate surface area is 129 Å². The standard InChI is InChI=1S/C17H18ClN3/c1-11(2)21-16-8-7-14(18)9-15(16)20-17(21)13-5-3-12(10-19)4-6-13/h3-9,11H,10,19H2,1-2H3. The second-order valence-corrected chi connectivity index (χ2v) is 5.87. The molecule has 0 aliphatic rings. The molecule has 108 valence electrons. The van der Waals surface area contributed by atoms with E-state index in [0.29, 0.717) is 17.6 Å². The Balaban J connectivity index is 2.22. The predicted octanol–water partition coefficient (Wildman–Crippen LogP) is 4.40. The van der Waals surface area contributed by atoms with Gasteiger partial charge in [0.25, 0.3) is 0 Å². The Hall–Kier alpha value is -1.84. The van der Waals surface area contributed by atoms with Crippen molar-refractivity contribution in [3.8, 4) is 11.4 Å². The number of halogens is 1. The minimum atomic E-state index is 0.320. The fraction of sp³-hybridized carbons (Fsp3) is 0.235. The van der Waals surface area contributed by atoms with E-state index in [0.717, 1.165) is 28.0 Å². The van der Waals surface area contributed by atoms with Crippen LogP contribution in [0.15, 0.2) is 42.5 Å². The highest BCUT2D eigenvalue weighted by molar-refractivity contribution is 6.31. The normalized spacial score (nSPS) is 11.5. The van der Waals surface area contributed by atoms with Gasteiger partial charge in [-0.1, -0.05) is 35.9 Å². The number of imidazole rings is 1. The lowest BCUT2D eigenvalue weighted by atomic mass is 10.1. The van der Waals surface area contributed by atoms with Crippen molar-refractivity contribution in [1.82, 2.24) is 9.55 Å². The Morgan fingerprint density at radius 3 is 2.48 bits per heavy atom. The quantitative estimate of drug-likeness (QED) is 0.779. The fourth-order valence-corrected chi connectivity index (χ4v) is 2.75. The maximum Gasteiger partial charge on any atom is 0.141 e. The van der Waals surface area contributed by atoms with Crippen LogP contribution in [0.25, 0.3) is 22.4 Å². The molecular formula is C17H18ClN3. The highest BCUT2D eigenvalue weighted by Crippen LogP contribution is 2.29. The lowest BCUT2D eigenvalue weighted by molar-refractivity contribution is 0.624. The summed E-state index contributed by atoms with van der Waals surface area (Å²) in [5.74, 6) is 0.964. The average Bonchev–Trinajstić information content (AvgIpc) is 2.85. The maximum atomic E-state index is 6.08. The van der Waals surface area contributed by atoms with Crippen molar-refractivity contribution < 1.29 is 0 Å². The van der Waals surface area contributed by atoms with Gasteiger partial charge in [0, 0.05) is 23.2 Å². The van der Waals surface area contributed by atoms with E-state index in [-0.39, 0.29) is 0 Å². The zero-order chi connectivity index (χ0) is 15.0. The van der Waals surface area contributed by atoms with Crippen molar-refractivity contribution in [2.24, 2.45) is 5.73 Å². The molecule has 21 heavy (non-hydrogen) atoms. The lowest BCUT2D eigenvalue weighted by Gasteiger charge is -2.13. The molecule has 0 saturated heterocycles. The molecule has 2 aromatic carbocycles. The molecule has 0 unspecified atom stereocenters. The SMILES string of the molecule is CC(C)n1c(-c2ccc(CN)cc2)nc2cc(Cl)ccc21. The topological polar surface area (TPSA) is 43.8 Å². The van der Waals surface area contributed by atoms with Crippen LogP contribution < -0.4 is 5.73 Å². The van der Waals surface area contributed by atoms with E-state index in [2.05, 4.69) is 30.5 Å². The molecule has 0 fully saturated rings. The molecule has 0 aliphatic heterocycles. The van der Waals surface area contributed by atoms with Crippen LogP contribution in [-0.4, -0.2) is 9.55 Å². The predicted molar refractivity (Wildman–Crippen MR) is 88.5 cm³/mol. The molecule has 0 amide bonds. The van der Waals surface area contributed by atoms with Gasteiger partial charge in [-0.3, -0.25) is 0 Å². The molecule has 0 aliphatic carbocycles. The summed E-state index contributed by atoms with van der Waals surface area (Å²) < 4.78 is 2.24. The largest absolute Gasteiger partial charge is 0.326 e. The van der Waals surface area contributed by atoms with E-state index in [9.17, 15) is 0 Å². The van der Waals surface area contributed by atoms with Gasteiger partial charge in [-0.2, -0.15) is 0 Å². The van der Waals surface area contributed by atoms with Crippen LogP contribution in [-0.2, 0) is 6.54 Å².